The van der Waals surface area contributed by atoms with E-state index in [1.165, 1.54) is 6.08 Å². The van der Waals surface area contributed by atoms with Gasteiger partial charge in [0.25, 0.3) is 0 Å². The molecule has 1 aliphatic rings. The number of amides is 1. The topological polar surface area (TPSA) is 98.5 Å². The summed E-state index contributed by atoms with van der Waals surface area (Å²) in [7, 11) is -3.64. The highest BCUT2D eigenvalue weighted by Gasteiger charge is 2.39. The minimum Gasteiger partial charge on any atom is -0.381 e. The monoisotopic (exact) mass is 338 g/mol. The van der Waals surface area contributed by atoms with Gasteiger partial charge in [-0.15, -0.1) is 0 Å². The van der Waals surface area contributed by atoms with Crippen LogP contribution in [0.3, 0.4) is 0 Å². The average molecular weight is 338 g/mol. The molecule has 7 heteroatoms. The summed E-state index contributed by atoms with van der Waals surface area (Å²) in [6, 6.07) is 7.49. The molecule has 0 bridgehead atoms. The first-order chi connectivity index (χ1) is 10.8. The molecule has 1 heterocycles. The first kappa shape index (κ1) is 17.7. The lowest BCUT2D eigenvalue weighted by Crippen LogP contribution is -2.49. The van der Waals surface area contributed by atoms with Crippen LogP contribution in [0.4, 0.5) is 0 Å². The van der Waals surface area contributed by atoms with E-state index < -0.39 is 21.3 Å². The van der Waals surface area contributed by atoms with E-state index >= 15 is 0 Å². The van der Waals surface area contributed by atoms with Crippen LogP contribution in [0.25, 0.3) is 6.08 Å². The van der Waals surface area contributed by atoms with Gasteiger partial charge in [-0.1, -0.05) is 29.8 Å². The van der Waals surface area contributed by atoms with E-state index in [9.17, 15) is 13.2 Å². The third-order valence-electron chi connectivity index (χ3n) is 4.10. The van der Waals surface area contributed by atoms with Gasteiger partial charge in [0.2, 0.25) is 15.9 Å². The van der Waals surface area contributed by atoms with Gasteiger partial charge < -0.3 is 10.5 Å². The van der Waals surface area contributed by atoms with Gasteiger partial charge in [-0.2, -0.15) is 0 Å². The summed E-state index contributed by atoms with van der Waals surface area (Å²) in [6.07, 6.45) is 2.36. The number of sulfonamides is 1. The summed E-state index contributed by atoms with van der Waals surface area (Å²) >= 11 is 0. The van der Waals surface area contributed by atoms with Crippen molar-refractivity contribution in [3.05, 3.63) is 40.8 Å². The van der Waals surface area contributed by atoms with E-state index in [1.54, 1.807) is 0 Å². The van der Waals surface area contributed by atoms with E-state index in [-0.39, 0.29) is 6.54 Å². The van der Waals surface area contributed by atoms with Crippen molar-refractivity contribution >= 4 is 22.0 Å². The van der Waals surface area contributed by atoms with Crippen molar-refractivity contribution in [2.24, 2.45) is 11.1 Å². The van der Waals surface area contributed by atoms with Crippen LogP contribution in [0.2, 0.25) is 0 Å². The van der Waals surface area contributed by atoms with Gasteiger partial charge in [0.1, 0.15) is 0 Å². The molecular weight excluding hydrogens is 316 g/mol. The fourth-order valence-corrected chi connectivity index (χ4v) is 3.31. The van der Waals surface area contributed by atoms with Crippen molar-refractivity contribution in [1.29, 1.82) is 0 Å². The van der Waals surface area contributed by atoms with Crippen LogP contribution in [0.5, 0.6) is 0 Å². The number of carbonyl (C=O) groups excluding carboxylic acids is 1. The minimum absolute atomic E-state index is 0.00767. The van der Waals surface area contributed by atoms with Gasteiger partial charge in [0.15, 0.2) is 0 Å². The number of rotatable bonds is 6. The molecule has 0 spiro atoms. The lowest BCUT2D eigenvalue weighted by molar-refractivity contribution is -0.132. The number of hydrogen-bond acceptors (Lipinski definition) is 4. The summed E-state index contributed by atoms with van der Waals surface area (Å²) in [4.78, 5) is 11.7. The van der Waals surface area contributed by atoms with Crippen LogP contribution in [-0.2, 0) is 19.6 Å². The average Bonchev–Trinajstić information content (AvgIpc) is 2.53. The van der Waals surface area contributed by atoms with Crippen molar-refractivity contribution in [3.8, 4) is 0 Å². The largest absolute Gasteiger partial charge is 0.381 e. The second-order valence-electron chi connectivity index (χ2n) is 5.84. The van der Waals surface area contributed by atoms with Crippen LogP contribution >= 0.6 is 0 Å². The first-order valence-electron chi connectivity index (χ1n) is 7.45. The molecule has 0 atom stereocenters. The van der Waals surface area contributed by atoms with Crippen molar-refractivity contribution < 1.29 is 17.9 Å². The molecule has 0 aliphatic carbocycles. The fraction of sp³-hybridized carbons (Fsp3) is 0.438. The fourth-order valence-electron chi connectivity index (χ4n) is 2.40. The molecule has 0 saturated carbocycles. The van der Waals surface area contributed by atoms with Gasteiger partial charge in [0, 0.05) is 25.2 Å². The predicted octanol–water partition coefficient (Wildman–Crippen LogP) is 1.17. The highest BCUT2D eigenvalue weighted by Crippen LogP contribution is 2.29. The summed E-state index contributed by atoms with van der Waals surface area (Å²) in [5.41, 5.74) is 6.48. The van der Waals surface area contributed by atoms with Crippen LogP contribution in [0.1, 0.15) is 24.0 Å². The molecule has 0 radical (unpaired) electrons. The Morgan fingerprint density at radius 3 is 2.48 bits per heavy atom. The molecule has 1 amide bonds. The Labute approximate surface area is 136 Å². The molecule has 1 fully saturated rings. The van der Waals surface area contributed by atoms with E-state index in [4.69, 9.17) is 10.5 Å². The van der Waals surface area contributed by atoms with E-state index in [0.29, 0.717) is 26.1 Å². The zero-order chi connectivity index (χ0) is 16.9. The second-order valence-corrected chi connectivity index (χ2v) is 7.49. The number of hydrogen-bond donors (Lipinski definition) is 2. The lowest BCUT2D eigenvalue weighted by Gasteiger charge is -2.33. The summed E-state index contributed by atoms with van der Waals surface area (Å²) in [5.74, 6) is -0.494. The second kappa shape index (κ2) is 7.25. The number of nitrogens with two attached hydrogens (primary N) is 1. The van der Waals surface area contributed by atoms with Crippen molar-refractivity contribution in [3.63, 3.8) is 0 Å². The number of nitrogens with one attached hydrogen (secondary N) is 1. The summed E-state index contributed by atoms with van der Waals surface area (Å²) in [5, 5.41) is 1.10. The van der Waals surface area contributed by atoms with Gasteiger partial charge >= 0.3 is 0 Å². The Morgan fingerprint density at radius 2 is 1.91 bits per heavy atom. The molecule has 0 unspecified atom stereocenters. The SMILES string of the molecule is Cc1ccc(C=CS(=O)(=O)NCC2(C(N)=O)CCOCC2)cc1. The quantitative estimate of drug-likeness (QED) is 0.813. The molecule has 1 aromatic carbocycles. The third kappa shape index (κ3) is 4.89. The molecule has 126 valence electrons. The Kier molecular flexibility index (Phi) is 5.56. The van der Waals surface area contributed by atoms with Gasteiger partial charge in [-0.05, 0) is 31.4 Å². The number of ether oxygens (including phenoxy) is 1. The molecular formula is C16H22N2O4S. The number of aryl methyl sites for hydroxylation is 1. The molecule has 6 nitrogen and oxygen atoms in total. The number of benzene rings is 1. The zero-order valence-electron chi connectivity index (χ0n) is 13.1. The predicted molar refractivity (Wildman–Crippen MR) is 88.8 cm³/mol. The molecule has 0 aromatic heterocycles. The Bertz CT molecular complexity index is 675. The zero-order valence-corrected chi connectivity index (χ0v) is 13.9. The maximum atomic E-state index is 12.1. The highest BCUT2D eigenvalue weighted by atomic mass is 32.2. The smallest absolute Gasteiger partial charge is 0.233 e. The van der Waals surface area contributed by atoms with Crippen LogP contribution in [0, 0.1) is 12.3 Å². The number of carbonyl (C=O) groups is 1. The summed E-state index contributed by atoms with van der Waals surface area (Å²) in [6.45, 7) is 2.77. The Balaban J connectivity index is 2.02. The highest BCUT2D eigenvalue weighted by molar-refractivity contribution is 7.92. The lowest BCUT2D eigenvalue weighted by atomic mass is 9.80. The van der Waals surface area contributed by atoms with Gasteiger partial charge in [0.05, 0.1) is 5.41 Å². The van der Waals surface area contributed by atoms with Gasteiger partial charge in [-0.3, -0.25) is 4.79 Å². The van der Waals surface area contributed by atoms with E-state index in [2.05, 4.69) is 4.72 Å². The Morgan fingerprint density at radius 1 is 1.30 bits per heavy atom. The Hall–Kier alpha value is -1.70. The van der Waals surface area contributed by atoms with Crippen molar-refractivity contribution in [2.75, 3.05) is 19.8 Å². The molecule has 23 heavy (non-hydrogen) atoms. The maximum absolute atomic E-state index is 12.1. The molecule has 3 N–H and O–H groups in total. The first-order valence-corrected chi connectivity index (χ1v) is 9.00. The third-order valence-corrected chi connectivity index (χ3v) is 5.14. The molecule has 1 saturated heterocycles. The standard InChI is InChI=1S/C16H22N2O4S/c1-13-2-4-14(5-3-13)6-11-23(20,21)18-12-16(15(17)19)7-9-22-10-8-16/h2-6,11,18H,7-10,12H2,1H3,(H2,17,19). The van der Waals surface area contributed by atoms with Crippen LogP contribution < -0.4 is 10.5 Å². The van der Waals surface area contributed by atoms with E-state index in [1.807, 2.05) is 31.2 Å². The van der Waals surface area contributed by atoms with Crippen molar-refractivity contribution in [1.82, 2.24) is 4.72 Å². The van der Waals surface area contributed by atoms with Crippen LogP contribution in [0.15, 0.2) is 29.7 Å². The molecule has 1 aliphatic heterocycles. The van der Waals surface area contributed by atoms with Crippen molar-refractivity contribution in [2.45, 2.75) is 19.8 Å². The molecule has 2 rings (SSSR count). The number of primary amides is 1. The molecule has 1 aromatic rings. The normalized spacial score (nSPS) is 18.1. The summed E-state index contributed by atoms with van der Waals surface area (Å²) < 4.78 is 31.9. The van der Waals surface area contributed by atoms with Crippen LogP contribution in [-0.4, -0.2) is 34.1 Å². The maximum Gasteiger partial charge on any atom is 0.233 e. The van der Waals surface area contributed by atoms with E-state index in [0.717, 1.165) is 16.5 Å². The van der Waals surface area contributed by atoms with Gasteiger partial charge in [-0.25, -0.2) is 13.1 Å². The minimum atomic E-state index is -3.64.